The number of aliphatic hydroxyl groups is 1. The van der Waals surface area contributed by atoms with Crippen LogP contribution in [0.1, 0.15) is 55.2 Å². The molecule has 2 rings (SSSR count). The van der Waals surface area contributed by atoms with Gasteiger partial charge >= 0.3 is 6.03 Å². The maximum absolute atomic E-state index is 12.2. The molecule has 0 aliphatic carbocycles. The van der Waals surface area contributed by atoms with E-state index >= 15 is 0 Å². The summed E-state index contributed by atoms with van der Waals surface area (Å²) in [6.45, 7) is 5.51. The number of nitrogens with one attached hydrogen (secondary N) is 2. The van der Waals surface area contributed by atoms with Crippen molar-refractivity contribution in [1.29, 1.82) is 0 Å². The summed E-state index contributed by atoms with van der Waals surface area (Å²) < 4.78 is 4.95. The summed E-state index contributed by atoms with van der Waals surface area (Å²) in [5, 5.41) is 19.0. The third kappa shape index (κ3) is 4.55. The van der Waals surface area contributed by atoms with Gasteiger partial charge in [0.05, 0.1) is 18.7 Å². The maximum Gasteiger partial charge on any atom is 0.315 e. The minimum absolute atomic E-state index is 0.184. The Balaban J connectivity index is 2.00. The highest BCUT2D eigenvalue weighted by Gasteiger charge is 2.20. The van der Waals surface area contributed by atoms with E-state index < -0.39 is 6.04 Å². The number of aryl methyl sites for hydroxylation is 2. The van der Waals surface area contributed by atoms with E-state index in [1.165, 1.54) is 5.56 Å². The van der Waals surface area contributed by atoms with Crippen LogP contribution in [0.15, 0.2) is 28.8 Å². The first kappa shape index (κ1) is 17.9. The van der Waals surface area contributed by atoms with Crippen LogP contribution in [0, 0.1) is 6.92 Å². The Labute approximate surface area is 141 Å². The summed E-state index contributed by atoms with van der Waals surface area (Å²) in [5.74, 6) is 0.896. The van der Waals surface area contributed by atoms with Crippen molar-refractivity contribution < 1.29 is 14.4 Å². The first-order valence-corrected chi connectivity index (χ1v) is 8.14. The van der Waals surface area contributed by atoms with Gasteiger partial charge in [-0.25, -0.2) is 4.79 Å². The average molecular weight is 332 g/mol. The van der Waals surface area contributed by atoms with E-state index in [1.807, 2.05) is 31.2 Å². The molecule has 0 fully saturated rings. The van der Waals surface area contributed by atoms with Gasteiger partial charge in [0.15, 0.2) is 5.82 Å². The summed E-state index contributed by atoms with van der Waals surface area (Å²) in [6, 6.07) is 6.62. The van der Waals surface area contributed by atoms with Crippen LogP contribution in [-0.2, 0) is 6.42 Å². The fourth-order valence-corrected chi connectivity index (χ4v) is 2.38. The smallest absolute Gasteiger partial charge is 0.315 e. The Morgan fingerprint density at radius 3 is 2.38 bits per heavy atom. The number of carbonyl (C=O) groups is 1. The van der Waals surface area contributed by atoms with Crippen molar-refractivity contribution >= 4 is 6.03 Å². The predicted octanol–water partition coefficient (Wildman–Crippen LogP) is 2.42. The zero-order chi connectivity index (χ0) is 17.5. The fourth-order valence-electron chi connectivity index (χ4n) is 2.38. The first-order valence-electron chi connectivity index (χ1n) is 8.14. The largest absolute Gasteiger partial charge is 0.394 e. The molecule has 1 aromatic heterocycles. The van der Waals surface area contributed by atoms with Crippen LogP contribution in [0.25, 0.3) is 0 Å². The third-order valence-corrected chi connectivity index (χ3v) is 3.85. The molecule has 0 aliphatic rings. The third-order valence-electron chi connectivity index (χ3n) is 3.85. The predicted molar refractivity (Wildman–Crippen MR) is 89.4 cm³/mol. The van der Waals surface area contributed by atoms with E-state index in [1.54, 1.807) is 6.92 Å². The van der Waals surface area contributed by atoms with Crippen molar-refractivity contribution in [2.24, 2.45) is 0 Å². The maximum atomic E-state index is 12.2. The highest BCUT2D eigenvalue weighted by molar-refractivity contribution is 5.74. The normalized spacial score (nSPS) is 13.3. The summed E-state index contributed by atoms with van der Waals surface area (Å²) in [4.78, 5) is 16.4. The molecule has 130 valence electrons. The molecule has 1 heterocycles. The van der Waals surface area contributed by atoms with Gasteiger partial charge in [0.1, 0.15) is 0 Å². The second-order valence-corrected chi connectivity index (χ2v) is 5.58. The number of aromatic nitrogens is 2. The molecule has 7 heteroatoms. The standard InChI is InChI=1S/C17H24N4O3/c1-4-12-6-8-13(9-7-12)15(10-22)20-17(23)19-14(5-2)16-18-11(3)24-21-16/h6-9,14-15,22H,4-5,10H2,1-3H3,(H2,19,20,23). The number of aliphatic hydroxyl groups excluding tert-OH is 1. The van der Waals surface area contributed by atoms with E-state index in [4.69, 9.17) is 4.52 Å². The van der Waals surface area contributed by atoms with Crippen LogP contribution in [0.3, 0.4) is 0 Å². The number of hydrogen-bond donors (Lipinski definition) is 3. The van der Waals surface area contributed by atoms with Crippen molar-refractivity contribution in [2.75, 3.05) is 6.61 Å². The Bertz CT molecular complexity index is 654. The summed E-state index contributed by atoms with van der Waals surface area (Å²) in [6.07, 6.45) is 1.57. The fraction of sp³-hybridized carbons (Fsp3) is 0.471. The van der Waals surface area contributed by atoms with Crippen LogP contribution in [0.4, 0.5) is 4.79 Å². The van der Waals surface area contributed by atoms with Crippen molar-refractivity contribution in [2.45, 2.75) is 45.7 Å². The number of urea groups is 1. The summed E-state index contributed by atoms with van der Waals surface area (Å²) in [7, 11) is 0. The molecule has 3 N–H and O–H groups in total. The Morgan fingerprint density at radius 1 is 1.21 bits per heavy atom. The number of nitrogens with zero attached hydrogens (tertiary/aromatic N) is 2. The van der Waals surface area contributed by atoms with Gasteiger partial charge in [-0.1, -0.05) is 43.3 Å². The molecule has 0 saturated heterocycles. The number of hydrogen-bond acceptors (Lipinski definition) is 5. The molecule has 0 aliphatic heterocycles. The molecule has 2 atom stereocenters. The van der Waals surface area contributed by atoms with E-state index in [-0.39, 0.29) is 18.7 Å². The molecule has 0 bridgehead atoms. The SMILES string of the molecule is CCc1ccc(C(CO)NC(=O)NC(CC)c2noc(C)n2)cc1. The number of benzene rings is 1. The highest BCUT2D eigenvalue weighted by atomic mass is 16.5. The summed E-state index contributed by atoms with van der Waals surface area (Å²) in [5.41, 5.74) is 2.06. The van der Waals surface area contributed by atoms with E-state index in [9.17, 15) is 9.90 Å². The van der Waals surface area contributed by atoms with Crippen LogP contribution in [-0.4, -0.2) is 27.9 Å². The molecular weight excluding hydrogens is 308 g/mol. The lowest BCUT2D eigenvalue weighted by atomic mass is 10.0. The van der Waals surface area contributed by atoms with Crippen LogP contribution in [0.5, 0.6) is 0 Å². The van der Waals surface area contributed by atoms with Gasteiger partial charge in [-0.3, -0.25) is 0 Å². The van der Waals surface area contributed by atoms with E-state index in [2.05, 4.69) is 27.7 Å². The molecule has 7 nitrogen and oxygen atoms in total. The molecule has 0 spiro atoms. The van der Waals surface area contributed by atoms with Crippen molar-refractivity contribution in [3.63, 3.8) is 0 Å². The van der Waals surface area contributed by atoms with Crippen molar-refractivity contribution in [3.05, 3.63) is 47.1 Å². The average Bonchev–Trinajstić information content (AvgIpc) is 3.04. The number of rotatable bonds is 7. The molecule has 2 amide bonds. The van der Waals surface area contributed by atoms with Crippen LogP contribution < -0.4 is 10.6 Å². The van der Waals surface area contributed by atoms with Gasteiger partial charge in [0.25, 0.3) is 0 Å². The zero-order valence-corrected chi connectivity index (χ0v) is 14.2. The van der Waals surface area contributed by atoms with Gasteiger partial charge < -0.3 is 20.3 Å². The molecule has 2 unspecified atom stereocenters. The summed E-state index contributed by atoms with van der Waals surface area (Å²) >= 11 is 0. The van der Waals surface area contributed by atoms with Crippen molar-refractivity contribution in [1.82, 2.24) is 20.8 Å². The molecular formula is C17H24N4O3. The van der Waals surface area contributed by atoms with Crippen molar-refractivity contribution in [3.8, 4) is 0 Å². The van der Waals surface area contributed by atoms with E-state index in [0.29, 0.717) is 18.1 Å². The molecule has 0 saturated carbocycles. The second-order valence-electron chi connectivity index (χ2n) is 5.58. The number of carbonyl (C=O) groups excluding carboxylic acids is 1. The Morgan fingerprint density at radius 2 is 1.88 bits per heavy atom. The second kappa shape index (κ2) is 8.44. The van der Waals surface area contributed by atoms with Gasteiger partial charge in [-0.05, 0) is 24.0 Å². The molecule has 0 radical (unpaired) electrons. The Kier molecular flexibility index (Phi) is 6.31. The Hall–Kier alpha value is -2.41. The van der Waals surface area contributed by atoms with Gasteiger partial charge in [-0.15, -0.1) is 0 Å². The van der Waals surface area contributed by atoms with Crippen LogP contribution >= 0.6 is 0 Å². The first-order chi connectivity index (χ1) is 11.6. The lowest BCUT2D eigenvalue weighted by Gasteiger charge is -2.20. The minimum atomic E-state index is -0.472. The molecule has 24 heavy (non-hydrogen) atoms. The molecule has 1 aromatic carbocycles. The zero-order valence-electron chi connectivity index (χ0n) is 14.2. The quantitative estimate of drug-likeness (QED) is 0.723. The van der Waals surface area contributed by atoms with Gasteiger partial charge in [-0.2, -0.15) is 4.98 Å². The van der Waals surface area contributed by atoms with Gasteiger partial charge in [0, 0.05) is 6.92 Å². The lowest BCUT2D eigenvalue weighted by molar-refractivity contribution is 0.213. The topological polar surface area (TPSA) is 100 Å². The highest BCUT2D eigenvalue weighted by Crippen LogP contribution is 2.16. The van der Waals surface area contributed by atoms with Gasteiger partial charge in [0.2, 0.25) is 5.89 Å². The monoisotopic (exact) mass is 332 g/mol. The molecule has 2 aromatic rings. The van der Waals surface area contributed by atoms with E-state index in [0.717, 1.165) is 12.0 Å². The number of amides is 2. The lowest BCUT2D eigenvalue weighted by Crippen LogP contribution is -2.41. The minimum Gasteiger partial charge on any atom is -0.394 e. The van der Waals surface area contributed by atoms with Crippen LogP contribution in [0.2, 0.25) is 0 Å².